The maximum Gasteiger partial charge on any atom is 0.270 e. The van der Waals surface area contributed by atoms with Crippen molar-refractivity contribution in [3.05, 3.63) is 89.7 Å². The van der Waals surface area contributed by atoms with Gasteiger partial charge in [-0.2, -0.15) is 5.10 Å². The number of rotatable bonds is 6. The summed E-state index contributed by atoms with van der Waals surface area (Å²) in [5, 5.41) is 10.1. The summed E-state index contributed by atoms with van der Waals surface area (Å²) < 4.78 is 7.40. The number of aromatic nitrogens is 3. The van der Waals surface area contributed by atoms with Crippen LogP contribution in [0, 0.1) is 0 Å². The molecule has 0 aliphatic carbocycles. The highest BCUT2D eigenvalue weighted by atomic mass is 32.1. The molecule has 0 unspecified atom stereocenters. The van der Waals surface area contributed by atoms with E-state index >= 15 is 0 Å². The van der Waals surface area contributed by atoms with Gasteiger partial charge < -0.3 is 10.1 Å². The summed E-state index contributed by atoms with van der Waals surface area (Å²) in [5.41, 5.74) is 3.45. The third-order valence-electron chi connectivity index (χ3n) is 6.01. The fourth-order valence-electron chi connectivity index (χ4n) is 4.13. The minimum Gasteiger partial charge on any atom is -0.381 e. The number of thiazole rings is 1. The molecule has 2 aromatic heterocycles. The number of nitrogens with one attached hydrogen (secondary N) is 1. The van der Waals surface area contributed by atoms with E-state index in [0.717, 1.165) is 29.1 Å². The second-order valence-corrected chi connectivity index (χ2v) is 8.85. The molecule has 7 heteroatoms. The van der Waals surface area contributed by atoms with E-state index in [4.69, 9.17) is 4.74 Å². The molecule has 0 saturated carbocycles. The van der Waals surface area contributed by atoms with Crippen LogP contribution in [-0.2, 0) is 10.2 Å². The van der Waals surface area contributed by atoms with E-state index in [1.165, 1.54) is 16.9 Å². The molecule has 4 aromatic rings. The van der Waals surface area contributed by atoms with E-state index in [1.54, 1.807) is 6.20 Å². The Bertz CT molecular complexity index is 1180. The van der Waals surface area contributed by atoms with Crippen LogP contribution in [-0.4, -0.2) is 40.4 Å². The molecule has 1 N–H and O–H groups in total. The van der Waals surface area contributed by atoms with Gasteiger partial charge in [0.25, 0.3) is 5.91 Å². The van der Waals surface area contributed by atoms with Crippen molar-refractivity contribution in [3.63, 3.8) is 0 Å². The summed E-state index contributed by atoms with van der Waals surface area (Å²) in [6.45, 7) is 1.98. The van der Waals surface area contributed by atoms with Gasteiger partial charge in [0.2, 0.25) is 0 Å². The molecule has 6 nitrogen and oxygen atoms in total. The Balaban J connectivity index is 1.29. The molecular formula is C25H24N4O2S. The topological polar surface area (TPSA) is 69.0 Å². The first-order valence-electron chi connectivity index (χ1n) is 10.7. The van der Waals surface area contributed by atoms with Crippen molar-refractivity contribution < 1.29 is 9.53 Å². The van der Waals surface area contributed by atoms with Crippen molar-refractivity contribution in [1.82, 2.24) is 20.1 Å². The number of hydrogen-bond acceptors (Lipinski definition) is 5. The summed E-state index contributed by atoms with van der Waals surface area (Å²) in [5.74, 6) is -0.148. The van der Waals surface area contributed by atoms with Gasteiger partial charge in [-0.05, 0) is 30.5 Å². The van der Waals surface area contributed by atoms with Crippen molar-refractivity contribution >= 4 is 17.2 Å². The zero-order valence-electron chi connectivity index (χ0n) is 17.6. The normalized spacial score (nSPS) is 15.4. The van der Waals surface area contributed by atoms with Crippen LogP contribution >= 0.6 is 11.3 Å². The van der Waals surface area contributed by atoms with Crippen LogP contribution in [0.1, 0.15) is 28.9 Å². The summed E-state index contributed by atoms with van der Waals surface area (Å²) in [6.07, 6.45) is 5.48. The van der Waals surface area contributed by atoms with Crippen molar-refractivity contribution in [2.75, 3.05) is 19.8 Å². The van der Waals surface area contributed by atoms with Crippen LogP contribution in [0.4, 0.5) is 0 Å². The number of para-hydroxylation sites is 1. The quantitative estimate of drug-likeness (QED) is 0.476. The number of ether oxygens (including phenoxy) is 1. The second kappa shape index (κ2) is 9.06. The number of nitrogens with zero attached hydrogens (tertiary/aromatic N) is 3. The predicted molar refractivity (Wildman–Crippen MR) is 125 cm³/mol. The third kappa shape index (κ3) is 4.22. The fraction of sp³-hybridized carbons (Fsp3) is 0.240. The van der Waals surface area contributed by atoms with Gasteiger partial charge in [-0.15, -0.1) is 11.3 Å². The first-order chi connectivity index (χ1) is 15.7. The van der Waals surface area contributed by atoms with E-state index in [1.807, 2.05) is 52.7 Å². The van der Waals surface area contributed by atoms with E-state index in [0.29, 0.717) is 25.5 Å². The van der Waals surface area contributed by atoms with Crippen molar-refractivity contribution in [2.45, 2.75) is 18.3 Å². The molecular weight excluding hydrogens is 420 g/mol. The van der Waals surface area contributed by atoms with Crippen molar-refractivity contribution in [1.29, 1.82) is 0 Å². The number of carbonyl (C=O) groups excluding carboxylic acids is 1. The number of carbonyl (C=O) groups is 1. The summed E-state index contributed by atoms with van der Waals surface area (Å²) in [7, 11) is 0. The number of hydrogen-bond donors (Lipinski definition) is 1. The monoisotopic (exact) mass is 444 g/mol. The van der Waals surface area contributed by atoms with Gasteiger partial charge in [0.1, 0.15) is 10.7 Å². The molecule has 32 heavy (non-hydrogen) atoms. The van der Waals surface area contributed by atoms with Crippen LogP contribution < -0.4 is 5.32 Å². The van der Waals surface area contributed by atoms with Crippen LogP contribution in [0.3, 0.4) is 0 Å². The van der Waals surface area contributed by atoms with Crippen molar-refractivity contribution in [2.24, 2.45) is 0 Å². The Labute approximate surface area is 190 Å². The molecule has 0 radical (unpaired) electrons. The van der Waals surface area contributed by atoms with Crippen LogP contribution in [0.15, 0.2) is 78.4 Å². The minimum atomic E-state index is -0.148. The van der Waals surface area contributed by atoms with E-state index in [2.05, 4.69) is 39.7 Å². The highest BCUT2D eigenvalue weighted by Crippen LogP contribution is 2.34. The molecule has 1 amide bonds. The Morgan fingerprint density at radius 3 is 2.53 bits per heavy atom. The lowest BCUT2D eigenvalue weighted by atomic mass is 9.74. The molecule has 1 saturated heterocycles. The largest absolute Gasteiger partial charge is 0.381 e. The van der Waals surface area contributed by atoms with Gasteiger partial charge in [0.15, 0.2) is 0 Å². The lowest BCUT2D eigenvalue weighted by Gasteiger charge is -2.37. The predicted octanol–water partition coefficient (Wildman–Crippen LogP) is 4.47. The maximum atomic E-state index is 12.9. The van der Waals surface area contributed by atoms with Crippen LogP contribution in [0.25, 0.3) is 16.3 Å². The molecule has 0 bridgehead atoms. The van der Waals surface area contributed by atoms with Crippen LogP contribution in [0.2, 0.25) is 0 Å². The third-order valence-corrected chi connectivity index (χ3v) is 6.90. The Hall–Kier alpha value is -3.29. The van der Waals surface area contributed by atoms with Gasteiger partial charge in [-0.1, -0.05) is 48.5 Å². The SMILES string of the molecule is O=C(NCC1(c2ccccc2)CCOCC1)c1csc(-c2cnn(-c3ccccc3)c2)n1. The zero-order valence-corrected chi connectivity index (χ0v) is 18.4. The second-order valence-electron chi connectivity index (χ2n) is 7.99. The zero-order chi connectivity index (χ0) is 21.8. The molecule has 162 valence electrons. The molecule has 1 fully saturated rings. The Morgan fingerprint density at radius 1 is 1.06 bits per heavy atom. The lowest BCUT2D eigenvalue weighted by Crippen LogP contribution is -2.44. The Kier molecular flexibility index (Phi) is 5.83. The van der Waals surface area contributed by atoms with E-state index in [9.17, 15) is 4.79 Å². The van der Waals surface area contributed by atoms with Gasteiger partial charge in [-0.3, -0.25) is 4.79 Å². The van der Waals surface area contributed by atoms with Gasteiger partial charge in [-0.25, -0.2) is 9.67 Å². The molecule has 2 aromatic carbocycles. The maximum absolute atomic E-state index is 12.9. The summed E-state index contributed by atoms with van der Waals surface area (Å²) in [4.78, 5) is 17.5. The van der Waals surface area contributed by atoms with Crippen molar-refractivity contribution in [3.8, 4) is 16.3 Å². The minimum absolute atomic E-state index is 0.106. The molecule has 1 aliphatic heterocycles. The average Bonchev–Trinajstić information content (AvgIpc) is 3.55. The van der Waals surface area contributed by atoms with E-state index < -0.39 is 0 Å². The molecule has 5 rings (SSSR count). The molecule has 1 aliphatic rings. The van der Waals surface area contributed by atoms with Gasteiger partial charge in [0.05, 0.1) is 11.9 Å². The standard InChI is InChI=1S/C25H24N4O2S/c30-23(26-18-25(11-13-31-14-12-25)20-7-3-1-4-8-20)22-17-32-24(28-22)19-15-27-29(16-19)21-9-5-2-6-10-21/h1-10,15-17H,11-14,18H2,(H,26,30). The number of amides is 1. The Morgan fingerprint density at radius 2 is 1.78 bits per heavy atom. The fourth-order valence-corrected chi connectivity index (χ4v) is 4.90. The molecule has 3 heterocycles. The molecule has 0 atom stereocenters. The highest BCUT2D eigenvalue weighted by Gasteiger charge is 2.35. The summed E-state index contributed by atoms with van der Waals surface area (Å²) >= 11 is 1.45. The highest BCUT2D eigenvalue weighted by molar-refractivity contribution is 7.13. The smallest absolute Gasteiger partial charge is 0.270 e. The number of benzene rings is 2. The van der Waals surface area contributed by atoms with E-state index in [-0.39, 0.29) is 11.3 Å². The molecule has 0 spiro atoms. The first-order valence-corrected chi connectivity index (χ1v) is 11.6. The van der Waals surface area contributed by atoms with Gasteiger partial charge >= 0.3 is 0 Å². The van der Waals surface area contributed by atoms with Gasteiger partial charge in [0, 0.05) is 42.3 Å². The lowest BCUT2D eigenvalue weighted by molar-refractivity contribution is 0.0487. The average molecular weight is 445 g/mol. The van der Waals surface area contributed by atoms with Crippen LogP contribution in [0.5, 0.6) is 0 Å². The first kappa shape index (κ1) is 20.6. The summed E-state index contributed by atoms with van der Waals surface area (Å²) in [6, 6.07) is 20.3.